The normalized spacial score (nSPS) is 16.7. The summed E-state index contributed by atoms with van der Waals surface area (Å²) in [5.74, 6) is 8.79. The van der Waals surface area contributed by atoms with Gasteiger partial charge in [-0.15, -0.1) is 0 Å². The summed E-state index contributed by atoms with van der Waals surface area (Å²) >= 11 is 0. The Morgan fingerprint density at radius 1 is 0.338 bits per heavy atom. The van der Waals surface area contributed by atoms with Crippen molar-refractivity contribution in [2.75, 3.05) is 145 Å². The zero-order valence-corrected chi connectivity index (χ0v) is 84.0. The Morgan fingerprint density at radius 2 is 0.689 bits per heavy atom. The number of morpholine rings is 2. The smallest absolute Gasteiger partial charge is 0.251 e. The highest BCUT2D eigenvalue weighted by Gasteiger charge is 2.32. The number of pyridine rings is 1. The van der Waals surface area contributed by atoms with Gasteiger partial charge in [0.15, 0.2) is 22.6 Å². The average molecular weight is 2000 g/mol. The minimum Gasteiger partial charge on any atom is -0.439 e. The maximum atomic E-state index is 12.6. The number of amides is 4. The van der Waals surface area contributed by atoms with Gasteiger partial charge in [-0.25, -0.2) is 4.98 Å². The lowest BCUT2D eigenvalue weighted by Gasteiger charge is -2.26. The van der Waals surface area contributed by atoms with Crippen LogP contribution < -0.4 is 62.1 Å². The van der Waals surface area contributed by atoms with Crippen LogP contribution in [0, 0.1) is 32.6 Å². The molecule has 0 spiro atoms. The van der Waals surface area contributed by atoms with E-state index in [-0.39, 0.29) is 23.6 Å². The molecule has 4 saturated heterocycles. The van der Waals surface area contributed by atoms with Crippen LogP contribution in [-0.4, -0.2) is 245 Å². The van der Waals surface area contributed by atoms with E-state index >= 15 is 0 Å². The molecule has 4 aliphatic heterocycles. The zero-order chi connectivity index (χ0) is 101. The number of ether oxygens (including phenoxy) is 7. The number of aromatic nitrogens is 13. The van der Waals surface area contributed by atoms with Crippen molar-refractivity contribution in [1.29, 1.82) is 0 Å². The molecule has 9 fully saturated rings. The molecule has 5 saturated carbocycles. The summed E-state index contributed by atoms with van der Waals surface area (Å²) in [7, 11) is 0. The van der Waals surface area contributed by atoms with E-state index in [0.717, 1.165) is 297 Å². The Bertz CT molecular complexity index is 7120. The van der Waals surface area contributed by atoms with Gasteiger partial charge in [0.1, 0.15) is 46.3 Å². The van der Waals surface area contributed by atoms with Crippen molar-refractivity contribution in [2.24, 2.45) is 11.8 Å². The first kappa shape index (κ1) is 99.0. The van der Waals surface area contributed by atoms with Crippen LogP contribution in [0.4, 0.5) is 29.1 Å². The van der Waals surface area contributed by atoms with Crippen LogP contribution in [0.2, 0.25) is 0 Å². The molecule has 148 heavy (non-hydrogen) atoms. The van der Waals surface area contributed by atoms with Crippen molar-refractivity contribution in [3.05, 3.63) is 252 Å². The first-order valence-electron chi connectivity index (χ1n) is 52.4. The summed E-state index contributed by atoms with van der Waals surface area (Å²) in [6, 6.07) is 57.8. The van der Waals surface area contributed by atoms with Crippen molar-refractivity contribution in [3.63, 3.8) is 0 Å². The summed E-state index contributed by atoms with van der Waals surface area (Å²) in [5, 5.41) is 48.9. The SMILES string of the molecule is Cc1cc(-c2cnn3c(NCC4CCOCC4)cc(NC4CCCC4)nc23)ccc1C(=O)NC1CC1.Cc1cc(-c2cnn3c(NCC4CCOCC4)cc(Oc4cccnc4)nc23)ccc1C(=O)NC1CC1.Cc1cc(-c2cnn3c(NCCN4CCOCC4)cc(Oc4ccccc4)nc23)ccc1C(=O)NC1CC1.O=C(NC1CC1)c1ccc(-c2cnn3c(NCCN4CCOCC4)cc(Oc4ccccc4)nc23)cc1. The first-order chi connectivity index (χ1) is 72.6. The van der Waals surface area contributed by atoms with E-state index in [2.05, 4.69) is 90.1 Å². The molecule has 9 N–H and O–H groups in total. The Morgan fingerprint density at radius 3 is 1.07 bits per heavy atom. The molecule has 15 aromatic rings. The highest BCUT2D eigenvalue weighted by molar-refractivity contribution is 5.99. The van der Waals surface area contributed by atoms with Crippen molar-refractivity contribution in [3.8, 4) is 79.4 Å². The number of aryl methyl sites for hydroxylation is 3. The average Bonchev–Trinajstić information content (AvgIpc) is 1.63. The molecule has 0 bridgehead atoms. The van der Waals surface area contributed by atoms with Gasteiger partial charge in [0.25, 0.3) is 23.6 Å². The summed E-state index contributed by atoms with van der Waals surface area (Å²) in [4.78, 5) is 78.6. The van der Waals surface area contributed by atoms with Crippen molar-refractivity contribution in [2.45, 2.75) is 154 Å². The van der Waals surface area contributed by atoms with Crippen LogP contribution in [0.25, 0.3) is 67.1 Å². The second-order valence-electron chi connectivity index (χ2n) is 39.7. The highest BCUT2D eigenvalue weighted by Crippen LogP contribution is 2.39. The van der Waals surface area contributed by atoms with Crippen molar-refractivity contribution >= 4 is 75.3 Å². The Labute approximate surface area is 859 Å². The van der Waals surface area contributed by atoms with Gasteiger partial charge in [-0.1, -0.05) is 97.8 Å². The van der Waals surface area contributed by atoms with Gasteiger partial charge in [-0.3, -0.25) is 34.0 Å². The third-order valence-corrected chi connectivity index (χ3v) is 28.3. The van der Waals surface area contributed by atoms with Crippen LogP contribution in [-0.2, 0) is 18.9 Å². The number of carbonyl (C=O) groups excluding carboxylic acids is 4. The van der Waals surface area contributed by atoms with Gasteiger partial charge in [-0.05, 0) is 228 Å². The number of para-hydroxylation sites is 2. The predicted octanol–water partition coefficient (Wildman–Crippen LogP) is 17.4. The predicted molar refractivity (Wildman–Crippen MR) is 569 cm³/mol. The third kappa shape index (κ3) is 25.4. The fourth-order valence-corrected chi connectivity index (χ4v) is 19.1. The first-order valence-corrected chi connectivity index (χ1v) is 52.4. The van der Waals surface area contributed by atoms with Crippen LogP contribution in [0.3, 0.4) is 0 Å². The molecule has 766 valence electrons. The van der Waals surface area contributed by atoms with Gasteiger partial charge >= 0.3 is 0 Å². The third-order valence-electron chi connectivity index (χ3n) is 28.3. The number of nitrogens with one attached hydrogen (secondary N) is 9. The number of nitrogens with zero attached hydrogens (tertiary/aromatic N) is 15. The molecule has 6 aromatic carbocycles. The van der Waals surface area contributed by atoms with Gasteiger partial charge < -0.3 is 81.0 Å². The quantitative estimate of drug-likeness (QED) is 0.0181. The number of carbonyl (C=O) groups is 4. The van der Waals surface area contributed by atoms with Crippen LogP contribution in [0.5, 0.6) is 34.9 Å². The lowest BCUT2D eigenvalue weighted by atomic mass is 10.0. The zero-order valence-electron chi connectivity index (χ0n) is 84.0. The molecule has 0 radical (unpaired) electrons. The molecule has 0 unspecified atom stereocenters. The fourth-order valence-electron chi connectivity index (χ4n) is 19.1. The Kier molecular flexibility index (Phi) is 31.3. The molecule has 5 aliphatic carbocycles. The van der Waals surface area contributed by atoms with Crippen molar-refractivity contribution in [1.82, 2.24) is 94.4 Å². The number of hydrogen-bond donors (Lipinski definition) is 9. The minimum absolute atomic E-state index is 0.0140. The van der Waals surface area contributed by atoms with E-state index in [1.807, 2.05) is 217 Å². The summed E-state index contributed by atoms with van der Waals surface area (Å²) in [5.41, 5.74) is 15.8. The Hall–Kier alpha value is -15.0. The molecular formula is C113H128N24O11. The second-order valence-corrected chi connectivity index (χ2v) is 39.7. The fraction of sp³-hybridized carbons (Fsp3) is 0.389. The van der Waals surface area contributed by atoms with E-state index in [1.165, 1.54) is 25.7 Å². The molecule has 35 heteroatoms. The number of fused-ring (bicyclic) bond motifs is 4. The van der Waals surface area contributed by atoms with Gasteiger partial charge in [0, 0.05) is 197 Å². The van der Waals surface area contributed by atoms with E-state index in [4.69, 9.17) is 58.2 Å². The van der Waals surface area contributed by atoms with E-state index in [1.54, 1.807) is 23.1 Å². The number of anilines is 5. The van der Waals surface area contributed by atoms with Crippen LogP contribution >= 0.6 is 0 Å². The Balaban J connectivity index is 0.000000116. The summed E-state index contributed by atoms with van der Waals surface area (Å²) in [6.07, 6.45) is 28.4. The van der Waals surface area contributed by atoms with E-state index < -0.39 is 0 Å². The van der Waals surface area contributed by atoms with Crippen LogP contribution in [0.15, 0.2) is 213 Å². The molecule has 0 atom stereocenters. The monoisotopic (exact) mass is 2000 g/mol. The maximum Gasteiger partial charge on any atom is 0.251 e. The number of benzene rings is 6. The van der Waals surface area contributed by atoms with Gasteiger partial charge in [-0.2, -0.15) is 53.4 Å². The molecule has 24 rings (SSSR count). The molecule has 9 aliphatic rings. The molecule has 35 nitrogen and oxygen atoms in total. The standard InChI is InChI=1S/C29H32N6O3.2C28H30N6O3.C28H36N6O2/c1-20-17-21(7-10-24(20)29(36)32-22-8-9-22)25-19-31-35-26(30-11-12-34-13-15-37-16-14-34)18-27(33-28(25)35)38-23-5-3-2-4-6-23;1-18-13-20(4-7-23(18)28(35)32-21-5-6-21)24-17-31-34-25(30-15-19-8-11-36-12-9-19)14-26(33-27(24)34)37-22-3-2-10-29-16-22;35-28(31-22-10-11-22)21-8-6-20(7-9-21)24-19-30-34-25(29-12-13-33-14-16-36-17-15-33)18-26(32-27(24)34)37-23-4-2-1-3-5-23;1-18-14-20(6-9-23(18)28(35)32-22-7-8-22)24-17-30-34-26(29-16-19-10-12-36-13-11-19)15-25(33-27(24)34)31-21-4-2-3-5-21/h2-7,10,17-19,22,30H,8-9,11-16H2,1H3,(H,32,36);2-4,7,10,13-14,16-17,19,21,30H,5-6,8-9,11-12,15H2,1H3,(H,32,35);1-9,18-19,22,29H,10-17H2,(H,31,35);6,9,14-15,17,19,21-22,29H,2-5,7-8,10-13,16H2,1H3,(H,31,33)(H,32,35). The van der Waals surface area contributed by atoms with Gasteiger partial charge in [0.2, 0.25) is 17.6 Å². The topological polar surface area (TPSA) is 381 Å². The summed E-state index contributed by atoms with van der Waals surface area (Å²) in [6.45, 7) is 21.1. The molecule has 13 heterocycles. The molecular weight excluding hydrogens is 1870 g/mol. The highest BCUT2D eigenvalue weighted by atomic mass is 16.5. The maximum absolute atomic E-state index is 12.6. The number of rotatable bonds is 34. The molecule has 4 amide bonds. The van der Waals surface area contributed by atoms with Crippen LogP contribution in [0.1, 0.15) is 161 Å². The second kappa shape index (κ2) is 46.8. The molecule has 9 aromatic heterocycles. The van der Waals surface area contributed by atoms with E-state index in [9.17, 15) is 19.2 Å². The van der Waals surface area contributed by atoms with Crippen molar-refractivity contribution < 1.29 is 52.3 Å². The lowest BCUT2D eigenvalue weighted by Crippen LogP contribution is -2.39. The number of hydrogen-bond acceptors (Lipinski definition) is 27. The van der Waals surface area contributed by atoms with Gasteiger partial charge in [0.05, 0.1) is 57.4 Å². The van der Waals surface area contributed by atoms with E-state index in [0.29, 0.717) is 111 Å². The summed E-state index contributed by atoms with van der Waals surface area (Å²) < 4.78 is 47.6. The lowest BCUT2D eigenvalue weighted by molar-refractivity contribution is 0.0398. The minimum atomic E-state index is -0.0302. The largest absolute Gasteiger partial charge is 0.439 e.